The van der Waals surface area contributed by atoms with Crippen LogP contribution in [-0.2, 0) is 4.74 Å². The Morgan fingerprint density at radius 2 is 2.11 bits per heavy atom. The second kappa shape index (κ2) is 5.67. The Morgan fingerprint density at radius 3 is 2.79 bits per heavy atom. The molecule has 1 aromatic heterocycles. The first kappa shape index (κ1) is 13.3. The van der Waals surface area contributed by atoms with Gasteiger partial charge in [0.25, 0.3) is 0 Å². The summed E-state index contributed by atoms with van der Waals surface area (Å²) >= 11 is 5.56. The second-order valence-electron chi connectivity index (χ2n) is 3.55. The lowest BCUT2D eigenvalue weighted by Crippen LogP contribution is -2.01. The summed E-state index contributed by atoms with van der Waals surface area (Å²) in [5.74, 6) is -0.709. The van der Waals surface area contributed by atoms with Gasteiger partial charge in [-0.2, -0.15) is 0 Å². The normalized spacial score (nSPS) is 10.1. The lowest BCUT2D eigenvalue weighted by Gasteiger charge is -2.06. The largest absolute Gasteiger partial charge is 0.465 e. The molecule has 0 aliphatic heterocycles. The third-order valence-electron chi connectivity index (χ3n) is 2.27. The molecule has 1 aromatic carbocycles. The molecular weight excluding hydrogens is 273 g/mol. The van der Waals surface area contributed by atoms with Crippen LogP contribution in [0.3, 0.4) is 0 Å². The summed E-state index contributed by atoms with van der Waals surface area (Å²) in [6.45, 7) is 0. The van der Waals surface area contributed by atoms with Gasteiger partial charge in [0.15, 0.2) is 0 Å². The Kier molecular flexibility index (Phi) is 3.97. The summed E-state index contributed by atoms with van der Waals surface area (Å²) in [6.07, 6.45) is 1.40. The predicted octanol–water partition coefficient (Wildman–Crippen LogP) is 3.45. The van der Waals surface area contributed by atoms with Crippen LogP contribution in [0.1, 0.15) is 10.4 Å². The number of aromatic nitrogens is 1. The molecule has 0 amide bonds. The fourth-order valence-corrected chi connectivity index (χ4v) is 1.49. The van der Waals surface area contributed by atoms with Crippen LogP contribution in [0.5, 0.6) is 11.6 Å². The fourth-order valence-electron chi connectivity index (χ4n) is 1.37. The zero-order chi connectivity index (χ0) is 13.8. The molecule has 2 rings (SSSR count). The number of halogens is 2. The number of rotatable bonds is 3. The highest BCUT2D eigenvalue weighted by Gasteiger charge is 2.08. The van der Waals surface area contributed by atoms with E-state index >= 15 is 0 Å². The van der Waals surface area contributed by atoms with E-state index < -0.39 is 11.8 Å². The molecule has 19 heavy (non-hydrogen) atoms. The molecule has 0 bridgehead atoms. The molecular formula is C13H9ClFNO3. The van der Waals surface area contributed by atoms with Crippen LogP contribution in [0, 0.1) is 5.82 Å². The van der Waals surface area contributed by atoms with E-state index in [2.05, 4.69) is 9.72 Å². The SMILES string of the molecule is COC(=O)c1ccnc(Oc2ccc(Cl)c(F)c2)c1. The summed E-state index contributed by atoms with van der Waals surface area (Å²) in [5.41, 5.74) is 0.293. The molecule has 0 N–H and O–H groups in total. The van der Waals surface area contributed by atoms with E-state index in [9.17, 15) is 9.18 Å². The van der Waals surface area contributed by atoms with Crippen molar-refractivity contribution in [2.24, 2.45) is 0 Å². The molecule has 0 unspecified atom stereocenters. The zero-order valence-corrected chi connectivity index (χ0v) is 10.6. The van der Waals surface area contributed by atoms with Crippen molar-refractivity contribution < 1.29 is 18.7 Å². The molecule has 98 valence electrons. The van der Waals surface area contributed by atoms with E-state index in [-0.39, 0.29) is 16.7 Å². The minimum Gasteiger partial charge on any atom is -0.465 e. The average Bonchev–Trinajstić information content (AvgIpc) is 2.42. The van der Waals surface area contributed by atoms with Gasteiger partial charge >= 0.3 is 5.97 Å². The minimum absolute atomic E-state index is 0.00335. The Labute approximate surface area is 113 Å². The number of carbonyl (C=O) groups excluding carboxylic acids is 1. The van der Waals surface area contributed by atoms with Crippen LogP contribution in [0.2, 0.25) is 5.02 Å². The minimum atomic E-state index is -0.594. The molecule has 4 nitrogen and oxygen atoms in total. The van der Waals surface area contributed by atoms with Gasteiger partial charge in [0.1, 0.15) is 11.6 Å². The van der Waals surface area contributed by atoms with Crippen LogP contribution >= 0.6 is 11.6 Å². The maximum atomic E-state index is 13.2. The average molecular weight is 282 g/mol. The highest BCUT2D eigenvalue weighted by molar-refractivity contribution is 6.30. The molecule has 0 saturated heterocycles. The van der Waals surface area contributed by atoms with Crippen molar-refractivity contribution in [3.8, 4) is 11.6 Å². The quantitative estimate of drug-likeness (QED) is 0.809. The Hall–Kier alpha value is -2.14. The first-order chi connectivity index (χ1) is 9.10. The third kappa shape index (κ3) is 3.20. The van der Waals surface area contributed by atoms with Gasteiger partial charge in [0, 0.05) is 18.3 Å². The summed E-state index contributed by atoms with van der Waals surface area (Å²) < 4.78 is 23.1. The van der Waals surface area contributed by atoms with Crippen molar-refractivity contribution in [2.45, 2.75) is 0 Å². The Balaban J connectivity index is 2.23. The van der Waals surface area contributed by atoms with E-state index in [0.29, 0.717) is 5.56 Å². The Bertz CT molecular complexity index is 619. The number of hydrogen-bond acceptors (Lipinski definition) is 4. The molecule has 0 radical (unpaired) electrons. The summed E-state index contributed by atoms with van der Waals surface area (Å²) in [5, 5.41) is 0.00335. The van der Waals surface area contributed by atoms with Crippen LogP contribution < -0.4 is 4.74 Å². The summed E-state index contributed by atoms with van der Waals surface area (Å²) in [4.78, 5) is 15.3. The lowest BCUT2D eigenvalue weighted by molar-refractivity contribution is 0.0600. The van der Waals surface area contributed by atoms with Crippen LogP contribution in [0.4, 0.5) is 4.39 Å². The number of nitrogens with zero attached hydrogens (tertiary/aromatic N) is 1. The number of ether oxygens (including phenoxy) is 2. The number of carbonyl (C=O) groups is 1. The van der Waals surface area contributed by atoms with Gasteiger partial charge in [-0.25, -0.2) is 14.2 Å². The number of pyridine rings is 1. The van der Waals surface area contributed by atoms with Crippen LogP contribution in [0.15, 0.2) is 36.5 Å². The molecule has 0 spiro atoms. The van der Waals surface area contributed by atoms with Gasteiger partial charge in [-0.3, -0.25) is 0 Å². The number of benzene rings is 1. The number of methoxy groups -OCH3 is 1. The second-order valence-corrected chi connectivity index (χ2v) is 3.96. The van der Waals surface area contributed by atoms with Gasteiger partial charge in [0.2, 0.25) is 5.88 Å². The third-order valence-corrected chi connectivity index (χ3v) is 2.58. The highest BCUT2D eigenvalue weighted by Crippen LogP contribution is 2.24. The van der Waals surface area contributed by atoms with E-state index in [0.717, 1.165) is 6.07 Å². The molecule has 0 aliphatic carbocycles. The Morgan fingerprint density at radius 1 is 1.32 bits per heavy atom. The van der Waals surface area contributed by atoms with Crippen molar-refractivity contribution in [1.29, 1.82) is 0 Å². The molecule has 0 saturated carbocycles. The first-order valence-electron chi connectivity index (χ1n) is 5.27. The van der Waals surface area contributed by atoms with Gasteiger partial charge < -0.3 is 9.47 Å². The lowest BCUT2D eigenvalue weighted by atomic mass is 10.3. The summed E-state index contributed by atoms with van der Waals surface area (Å²) in [7, 11) is 1.28. The monoisotopic (exact) mass is 281 g/mol. The number of hydrogen-bond donors (Lipinski definition) is 0. The van der Waals surface area contributed by atoms with Gasteiger partial charge in [-0.15, -0.1) is 0 Å². The van der Waals surface area contributed by atoms with Crippen LogP contribution in [0.25, 0.3) is 0 Å². The first-order valence-corrected chi connectivity index (χ1v) is 5.65. The zero-order valence-electron chi connectivity index (χ0n) is 9.89. The van der Waals surface area contributed by atoms with Crippen molar-refractivity contribution in [3.63, 3.8) is 0 Å². The van der Waals surface area contributed by atoms with E-state index in [1.807, 2.05) is 0 Å². The maximum absolute atomic E-state index is 13.2. The van der Waals surface area contributed by atoms with Crippen LogP contribution in [-0.4, -0.2) is 18.1 Å². The van der Waals surface area contributed by atoms with Gasteiger partial charge in [-0.1, -0.05) is 11.6 Å². The van der Waals surface area contributed by atoms with Crippen molar-refractivity contribution >= 4 is 17.6 Å². The van der Waals surface area contributed by atoms with E-state index in [1.54, 1.807) is 0 Å². The molecule has 6 heteroatoms. The van der Waals surface area contributed by atoms with Gasteiger partial charge in [0.05, 0.1) is 17.7 Å². The fraction of sp³-hybridized carbons (Fsp3) is 0.0769. The maximum Gasteiger partial charge on any atom is 0.338 e. The predicted molar refractivity (Wildman–Crippen MR) is 67.1 cm³/mol. The smallest absolute Gasteiger partial charge is 0.338 e. The standard InChI is InChI=1S/C13H9ClFNO3/c1-18-13(17)8-4-5-16-12(6-8)19-9-2-3-10(14)11(15)7-9/h2-7H,1H3. The van der Waals surface area contributed by atoms with E-state index in [4.69, 9.17) is 16.3 Å². The van der Waals surface area contributed by atoms with Crippen molar-refractivity contribution in [2.75, 3.05) is 7.11 Å². The molecule has 0 atom stereocenters. The van der Waals surface area contributed by atoms with Gasteiger partial charge in [-0.05, 0) is 18.2 Å². The summed E-state index contributed by atoms with van der Waals surface area (Å²) in [6, 6.07) is 6.89. The topological polar surface area (TPSA) is 48.4 Å². The molecule has 2 aromatic rings. The van der Waals surface area contributed by atoms with Crippen molar-refractivity contribution in [1.82, 2.24) is 4.98 Å². The van der Waals surface area contributed by atoms with E-state index in [1.165, 1.54) is 37.6 Å². The highest BCUT2D eigenvalue weighted by atomic mass is 35.5. The molecule has 1 heterocycles. The number of esters is 1. The molecule has 0 fully saturated rings. The molecule has 0 aliphatic rings. The van der Waals surface area contributed by atoms with Crippen molar-refractivity contribution in [3.05, 3.63) is 52.9 Å².